The lowest BCUT2D eigenvalue weighted by Gasteiger charge is -2.08. The first kappa shape index (κ1) is 8.74. The van der Waals surface area contributed by atoms with Gasteiger partial charge in [-0.15, -0.1) is 0 Å². The van der Waals surface area contributed by atoms with E-state index in [0.29, 0.717) is 5.56 Å². The maximum absolute atomic E-state index is 11.3. The smallest absolute Gasteiger partial charge is 0.228 e. The third-order valence-corrected chi connectivity index (χ3v) is 2.17. The van der Waals surface area contributed by atoms with Gasteiger partial charge >= 0.3 is 0 Å². The number of phenols is 1. The van der Waals surface area contributed by atoms with E-state index in [4.69, 9.17) is 0 Å². The van der Waals surface area contributed by atoms with Gasteiger partial charge < -0.3 is 10.4 Å². The molecule has 2 N–H and O–H groups in total. The maximum atomic E-state index is 11.3. The predicted molar refractivity (Wildman–Crippen MR) is 48.6 cm³/mol. The molecule has 0 aliphatic carbocycles. The number of amides is 1. The van der Waals surface area contributed by atoms with E-state index < -0.39 is 6.04 Å². The van der Waals surface area contributed by atoms with E-state index in [1.807, 2.05) is 0 Å². The molecule has 0 saturated carbocycles. The van der Waals surface area contributed by atoms with Crippen LogP contribution in [0.15, 0.2) is 24.3 Å². The van der Waals surface area contributed by atoms with Crippen LogP contribution in [0, 0.1) is 0 Å². The Morgan fingerprint density at radius 2 is 2.14 bits per heavy atom. The Morgan fingerprint density at radius 3 is 2.71 bits per heavy atom. The number of benzene rings is 1. The lowest BCUT2D eigenvalue weighted by Crippen LogP contribution is -2.20. The number of ketones is 1. The van der Waals surface area contributed by atoms with E-state index >= 15 is 0 Å². The Morgan fingerprint density at radius 1 is 1.36 bits per heavy atom. The minimum Gasteiger partial charge on any atom is -0.508 e. The standard InChI is InChI=1S/C10H9NO3/c12-7-3-1-2-6(4-7)10-8(13)5-9(14)11-10/h1-4,10,12H,5H2,(H,11,14). The van der Waals surface area contributed by atoms with Crippen LogP contribution in [-0.2, 0) is 9.59 Å². The number of rotatable bonds is 1. The molecule has 1 aliphatic heterocycles. The maximum Gasteiger partial charge on any atom is 0.228 e. The monoisotopic (exact) mass is 191 g/mol. The Kier molecular flexibility index (Phi) is 1.96. The number of carbonyl (C=O) groups excluding carboxylic acids is 2. The number of hydrogen-bond acceptors (Lipinski definition) is 3. The van der Waals surface area contributed by atoms with E-state index in [-0.39, 0.29) is 23.9 Å². The average molecular weight is 191 g/mol. The van der Waals surface area contributed by atoms with Gasteiger partial charge in [0.2, 0.25) is 5.91 Å². The van der Waals surface area contributed by atoms with Gasteiger partial charge in [0.05, 0.1) is 6.42 Å². The van der Waals surface area contributed by atoms with Crippen LogP contribution in [0.3, 0.4) is 0 Å². The van der Waals surface area contributed by atoms with E-state index in [9.17, 15) is 14.7 Å². The lowest BCUT2D eigenvalue weighted by atomic mass is 10.0. The van der Waals surface area contributed by atoms with Crippen LogP contribution < -0.4 is 5.32 Å². The van der Waals surface area contributed by atoms with E-state index in [1.165, 1.54) is 12.1 Å². The summed E-state index contributed by atoms with van der Waals surface area (Å²) in [7, 11) is 0. The zero-order valence-electron chi connectivity index (χ0n) is 7.36. The highest BCUT2D eigenvalue weighted by Crippen LogP contribution is 2.23. The average Bonchev–Trinajstić information content (AvgIpc) is 2.45. The van der Waals surface area contributed by atoms with Gasteiger partial charge in [-0.1, -0.05) is 12.1 Å². The summed E-state index contributed by atoms with van der Waals surface area (Å²) in [5.74, 6) is -0.319. The van der Waals surface area contributed by atoms with Crippen molar-refractivity contribution in [2.45, 2.75) is 12.5 Å². The van der Waals surface area contributed by atoms with E-state index in [1.54, 1.807) is 12.1 Å². The summed E-state index contributed by atoms with van der Waals surface area (Å²) in [5.41, 5.74) is 0.626. The van der Waals surface area contributed by atoms with E-state index in [0.717, 1.165) is 0 Å². The Bertz CT molecular complexity index is 400. The zero-order valence-corrected chi connectivity index (χ0v) is 7.36. The number of nitrogens with one attached hydrogen (secondary N) is 1. The zero-order chi connectivity index (χ0) is 10.1. The van der Waals surface area contributed by atoms with Crippen molar-refractivity contribution in [1.29, 1.82) is 0 Å². The fraction of sp³-hybridized carbons (Fsp3) is 0.200. The summed E-state index contributed by atoms with van der Waals surface area (Å²) >= 11 is 0. The van der Waals surface area contributed by atoms with Crippen molar-refractivity contribution in [3.8, 4) is 5.75 Å². The number of carbonyl (C=O) groups is 2. The summed E-state index contributed by atoms with van der Waals surface area (Å²) in [5, 5.41) is 11.7. The summed E-state index contributed by atoms with van der Waals surface area (Å²) < 4.78 is 0. The molecule has 1 aromatic rings. The lowest BCUT2D eigenvalue weighted by molar-refractivity contribution is -0.122. The number of aromatic hydroxyl groups is 1. The second kappa shape index (κ2) is 3.14. The van der Waals surface area contributed by atoms with Gasteiger partial charge in [0, 0.05) is 0 Å². The third-order valence-electron chi connectivity index (χ3n) is 2.17. The number of Topliss-reactive ketones (excluding diaryl/α,β-unsaturated/α-hetero) is 1. The van der Waals surface area contributed by atoms with Gasteiger partial charge in [-0.2, -0.15) is 0 Å². The van der Waals surface area contributed by atoms with Gasteiger partial charge in [0.15, 0.2) is 5.78 Å². The third kappa shape index (κ3) is 1.46. The highest BCUT2D eigenvalue weighted by atomic mass is 16.3. The molecule has 0 spiro atoms. The first-order valence-corrected chi connectivity index (χ1v) is 4.28. The molecule has 4 heteroatoms. The molecule has 2 rings (SSSR count). The molecule has 1 unspecified atom stereocenters. The van der Waals surface area contributed by atoms with Crippen LogP contribution in [0.2, 0.25) is 0 Å². The molecule has 1 fully saturated rings. The van der Waals surface area contributed by atoms with Crippen LogP contribution >= 0.6 is 0 Å². The molecule has 0 aromatic heterocycles. The van der Waals surface area contributed by atoms with Gasteiger partial charge in [-0.05, 0) is 17.7 Å². The second-order valence-electron chi connectivity index (χ2n) is 3.24. The molecular weight excluding hydrogens is 182 g/mol. The van der Waals surface area contributed by atoms with Crippen LogP contribution in [0.4, 0.5) is 0 Å². The summed E-state index contributed by atoms with van der Waals surface area (Å²) in [6.45, 7) is 0. The fourth-order valence-electron chi connectivity index (χ4n) is 1.53. The molecule has 1 atom stereocenters. The summed E-state index contributed by atoms with van der Waals surface area (Å²) in [6, 6.07) is 5.75. The Hall–Kier alpha value is -1.84. The molecule has 72 valence electrons. The quantitative estimate of drug-likeness (QED) is 0.636. The first-order valence-electron chi connectivity index (χ1n) is 4.28. The van der Waals surface area contributed by atoms with Crippen molar-refractivity contribution in [2.75, 3.05) is 0 Å². The van der Waals surface area contributed by atoms with Crippen molar-refractivity contribution >= 4 is 11.7 Å². The van der Waals surface area contributed by atoms with Crippen LogP contribution in [-0.4, -0.2) is 16.8 Å². The summed E-state index contributed by atoms with van der Waals surface area (Å²) in [4.78, 5) is 22.3. The number of phenolic OH excluding ortho intramolecular Hbond substituents is 1. The predicted octanol–water partition coefficient (Wildman–Crippen LogP) is 0.522. The molecule has 1 saturated heterocycles. The SMILES string of the molecule is O=C1CC(=O)C(c2cccc(O)c2)N1. The molecule has 14 heavy (non-hydrogen) atoms. The Balaban J connectivity index is 2.31. The topological polar surface area (TPSA) is 66.4 Å². The molecule has 1 amide bonds. The van der Waals surface area contributed by atoms with Crippen LogP contribution in [0.5, 0.6) is 5.75 Å². The molecular formula is C10H9NO3. The van der Waals surface area contributed by atoms with Crippen molar-refractivity contribution < 1.29 is 14.7 Å². The summed E-state index contributed by atoms with van der Waals surface area (Å²) in [6.07, 6.45) is -0.0691. The van der Waals surface area contributed by atoms with Gasteiger partial charge in [-0.25, -0.2) is 0 Å². The molecule has 0 bridgehead atoms. The molecule has 1 aliphatic rings. The van der Waals surface area contributed by atoms with Crippen molar-refractivity contribution in [2.24, 2.45) is 0 Å². The highest BCUT2D eigenvalue weighted by Gasteiger charge is 2.31. The molecule has 1 aromatic carbocycles. The first-order chi connectivity index (χ1) is 6.66. The molecule has 0 radical (unpaired) electrons. The fourth-order valence-corrected chi connectivity index (χ4v) is 1.53. The van der Waals surface area contributed by atoms with Crippen molar-refractivity contribution in [1.82, 2.24) is 5.32 Å². The largest absolute Gasteiger partial charge is 0.508 e. The highest BCUT2D eigenvalue weighted by molar-refractivity contribution is 6.07. The van der Waals surface area contributed by atoms with Crippen LogP contribution in [0.1, 0.15) is 18.0 Å². The minimum atomic E-state index is -0.588. The van der Waals surface area contributed by atoms with E-state index in [2.05, 4.69) is 5.32 Å². The van der Waals surface area contributed by atoms with Crippen molar-refractivity contribution in [3.05, 3.63) is 29.8 Å². The van der Waals surface area contributed by atoms with Crippen LogP contribution in [0.25, 0.3) is 0 Å². The van der Waals surface area contributed by atoms with Gasteiger partial charge in [-0.3, -0.25) is 9.59 Å². The number of hydrogen-bond donors (Lipinski definition) is 2. The van der Waals surface area contributed by atoms with Gasteiger partial charge in [0.1, 0.15) is 11.8 Å². The van der Waals surface area contributed by atoms with Crippen molar-refractivity contribution in [3.63, 3.8) is 0 Å². The van der Waals surface area contributed by atoms with Gasteiger partial charge in [0.25, 0.3) is 0 Å². The second-order valence-corrected chi connectivity index (χ2v) is 3.24. The normalized spacial score (nSPS) is 21.0. The Labute approximate surface area is 80.6 Å². The minimum absolute atomic E-state index is 0.0691. The molecule has 4 nitrogen and oxygen atoms in total. The molecule has 1 heterocycles.